The first-order valence-electron chi connectivity index (χ1n) is 11.4. The Kier molecular flexibility index (Phi) is 4.94. The van der Waals surface area contributed by atoms with E-state index in [1.807, 2.05) is 22.5 Å². The summed E-state index contributed by atoms with van der Waals surface area (Å²) in [5.74, 6) is 2.29. The smallest absolute Gasteiger partial charge is 0.245 e. The number of rotatable bonds is 5. The number of hydrogen-bond acceptors (Lipinski definition) is 9. The normalized spacial score (nSPS) is 16.2. The van der Waals surface area contributed by atoms with Gasteiger partial charge in [-0.05, 0) is 26.8 Å². The predicted octanol–water partition coefficient (Wildman–Crippen LogP) is 3.53. The molecular formula is C23H25N9OS. The molecule has 1 unspecified atom stereocenters. The molecule has 174 valence electrons. The van der Waals surface area contributed by atoms with Crippen molar-refractivity contribution >= 4 is 38.5 Å². The van der Waals surface area contributed by atoms with Crippen LogP contribution in [0.2, 0.25) is 0 Å². The average molecular weight is 476 g/mol. The summed E-state index contributed by atoms with van der Waals surface area (Å²) in [4.78, 5) is 27.3. The molecule has 1 atom stereocenters. The molecule has 6 heterocycles. The molecule has 34 heavy (non-hydrogen) atoms. The zero-order valence-electron chi connectivity index (χ0n) is 19.6. The maximum Gasteiger partial charge on any atom is 0.245 e. The molecule has 5 aromatic rings. The third-order valence-electron chi connectivity index (χ3n) is 6.42. The van der Waals surface area contributed by atoms with E-state index in [0.717, 1.165) is 64.8 Å². The quantitative estimate of drug-likeness (QED) is 0.381. The van der Waals surface area contributed by atoms with Crippen molar-refractivity contribution in [2.75, 3.05) is 18.0 Å². The summed E-state index contributed by atoms with van der Waals surface area (Å²) < 4.78 is 10.3. The van der Waals surface area contributed by atoms with Crippen LogP contribution in [-0.2, 0) is 13.6 Å². The van der Waals surface area contributed by atoms with Crippen LogP contribution in [0, 0.1) is 13.8 Å². The highest BCUT2D eigenvalue weighted by atomic mass is 32.1. The van der Waals surface area contributed by atoms with E-state index >= 15 is 0 Å². The van der Waals surface area contributed by atoms with Crippen LogP contribution in [0.15, 0.2) is 24.9 Å². The second kappa shape index (κ2) is 8.01. The highest BCUT2D eigenvalue weighted by Crippen LogP contribution is 2.33. The molecule has 1 fully saturated rings. The summed E-state index contributed by atoms with van der Waals surface area (Å²) in [6, 6.07) is 2.16. The summed E-state index contributed by atoms with van der Waals surface area (Å²) in [7, 11) is 1.96. The summed E-state index contributed by atoms with van der Waals surface area (Å²) in [6.07, 6.45) is 5.91. The van der Waals surface area contributed by atoms with Crippen molar-refractivity contribution in [2.24, 2.45) is 7.05 Å². The summed E-state index contributed by atoms with van der Waals surface area (Å²) in [6.45, 7) is 8.64. The van der Waals surface area contributed by atoms with Gasteiger partial charge in [-0.3, -0.25) is 4.68 Å². The molecule has 1 aliphatic rings. The molecule has 5 aromatic heterocycles. The van der Waals surface area contributed by atoms with E-state index in [1.165, 1.54) is 4.88 Å². The molecule has 1 aliphatic heterocycles. The van der Waals surface area contributed by atoms with Gasteiger partial charge in [0.1, 0.15) is 35.2 Å². The molecule has 0 amide bonds. The van der Waals surface area contributed by atoms with Crippen molar-refractivity contribution in [3.63, 3.8) is 0 Å². The van der Waals surface area contributed by atoms with Crippen molar-refractivity contribution in [1.82, 2.24) is 39.3 Å². The lowest BCUT2D eigenvalue weighted by atomic mass is 10.2. The number of aryl methyl sites for hydroxylation is 3. The van der Waals surface area contributed by atoms with Gasteiger partial charge in [0, 0.05) is 37.1 Å². The molecule has 11 heteroatoms. The monoisotopic (exact) mass is 475 g/mol. The van der Waals surface area contributed by atoms with E-state index in [0.29, 0.717) is 11.4 Å². The Morgan fingerprint density at radius 3 is 2.82 bits per heavy atom. The van der Waals surface area contributed by atoms with E-state index in [4.69, 9.17) is 9.72 Å². The van der Waals surface area contributed by atoms with Gasteiger partial charge in [-0.15, -0.1) is 11.3 Å². The van der Waals surface area contributed by atoms with Crippen molar-refractivity contribution in [3.05, 3.63) is 35.5 Å². The van der Waals surface area contributed by atoms with Gasteiger partial charge in [0.2, 0.25) is 5.88 Å². The molecule has 0 bridgehead atoms. The van der Waals surface area contributed by atoms with Crippen LogP contribution in [0.1, 0.15) is 23.9 Å². The minimum absolute atomic E-state index is 0.0159. The van der Waals surface area contributed by atoms with Crippen molar-refractivity contribution in [1.29, 1.82) is 0 Å². The Morgan fingerprint density at radius 2 is 2.00 bits per heavy atom. The Hall–Kier alpha value is -3.60. The fraction of sp³-hybridized carbons (Fsp3) is 0.391. The minimum Gasteiger partial charge on any atom is -0.471 e. The maximum absolute atomic E-state index is 6.39. The van der Waals surface area contributed by atoms with Crippen LogP contribution in [0.3, 0.4) is 0 Å². The number of imidazole rings is 1. The Balaban J connectivity index is 1.29. The average Bonchev–Trinajstić information content (AvgIpc) is 3.60. The first kappa shape index (κ1) is 21.0. The number of ether oxygens (including phenoxy) is 1. The minimum atomic E-state index is -0.0159. The van der Waals surface area contributed by atoms with Crippen LogP contribution in [0.25, 0.3) is 32.8 Å². The maximum atomic E-state index is 6.39. The molecule has 0 saturated carbocycles. The predicted molar refractivity (Wildman–Crippen MR) is 131 cm³/mol. The summed E-state index contributed by atoms with van der Waals surface area (Å²) in [5, 5.41) is 5.57. The topological polar surface area (TPSA) is 99.7 Å². The largest absolute Gasteiger partial charge is 0.471 e. The first-order chi connectivity index (χ1) is 16.5. The van der Waals surface area contributed by atoms with Gasteiger partial charge in [-0.2, -0.15) is 10.1 Å². The molecule has 6 rings (SSSR count). The van der Waals surface area contributed by atoms with E-state index in [-0.39, 0.29) is 6.10 Å². The van der Waals surface area contributed by atoms with Gasteiger partial charge in [-0.1, -0.05) is 0 Å². The fourth-order valence-corrected chi connectivity index (χ4v) is 5.52. The second-order valence-corrected chi connectivity index (χ2v) is 9.79. The molecule has 1 saturated heterocycles. The van der Waals surface area contributed by atoms with Crippen LogP contribution in [0.5, 0.6) is 5.88 Å². The summed E-state index contributed by atoms with van der Waals surface area (Å²) >= 11 is 1.69. The van der Waals surface area contributed by atoms with Gasteiger partial charge in [0.15, 0.2) is 11.2 Å². The van der Waals surface area contributed by atoms with Gasteiger partial charge in [0.05, 0.1) is 23.7 Å². The Morgan fingerprint density at radius 1 is 1.15 bits per heavy atom. The van der Waals surface area contributed by atoms with Crippen molar-refractivity contribution < 1.29 is 4.74 Å². The molecule has 10 nitrogen and oxygen atoms in total. The number of hydrogen-bond donors (Lipinski definition) is 0. The van der Waals surface area contributed by atoms with E-state index in [2.05, 4.69) is 56.8 Å². The van der Waals surface area contributed by atoms with Crippen LogP contribution in [-0.4, -0.2) is 58.5 Å². The van der Waals surface area contributed by atoms with Gasteiger partial charge in [0.25, 0.3) is 0 Å². The second-order valence-electron chi connectivity index (χ2n) is 8.55. The molecule has 0 radical (unpaired) electrons. The zero-order chi connectivity index (χ0) is 23.4. The lowest BCUT2D eigenvalue weighted by molar-refractivity contribution is 0.218. The SMILES string of the molecule is CCn1ncc(-c2nc3c(OC4CCN(c5ncnc6sc(C)cc56)C4)ncnc3n2C)c1C. The number of fused-ring (bicyclic) bond motifs is 2. The fourth-order valence-electron chi connectivity index (χ4n) is 4.68. The molecule has 0 aliphatic carbocycles. The third kappa shape index (κ3) is 3.30. The first-order valence-corrected chi connectivity index (χ1v) is 12.2. The lowest BCUT2D eigenvalue weighted by Gasteiger charge is -2.18. The lowest BCUT2D eigenvalue weighted by Crippen LogP contribution is -2.25. The highest BCUT2D eigenvalue weighted by Gasteiger charge is 2.28. The van der Waals surface area contributed by atoms with Crippen molar-refractivity contribution in [2.45, 2.75) is 39.8 Å². The van der Waals surface area contributed by atoms with Crippen LogP contribution >= 0.6 is 11.3 Å². The number of thiophene rings is 1. The summed E-state index contributed by atoms with van der Waals surface area (Å²) in [5.41, 5.74) is 3.46. The van der Waals surface area contributed by atoms with Gasteiger partial charge < -0.3 is 14.2 Å². The standard InChI is InChI=1S/C23H25N9OS/c1-5-32-14(3)17(9-28-32)20-29-18-21(30(20)4)25-11-26-22(18)33-15-6-7-31(10-15)19-16-8-13(2)34-23(16)27-12-24-19/h8-9,11-12,15H,5-7,10H2,1-4H3. The van der Waals surface area contributed by atoms with Gasteiger partial charge >= 0.3 is 0 Å². The number of aromatic nitrogens is 8. The Labute approximate surface area is 200 Å². The zero-order valence-corrected chi connectivity index (χ0v) is 20.4. The van der Waals surface area contributed by atoms with Crippen LogP contribution < -0.4 is 9.64 Å². The molecule has 0 spiro atoms. The van der Waals surface area contributed by atoms with E-state index in [9.17, 15) is 0 Å². The third-order valence-corrected chi connectivity index (χ3v) is 7.38. The number of anilines is 1. The number of nitrogens with zero attached hydrogens (tertiary/aromatic N) is 9. The van der Waals surface area contributed by atoms with E-state index in [1.54, 1.807) is 24.0 Å². The van der Waals surface area contributed by atoms with Crippen LogP contribution in [0.4, 0.5) is 5.82 Å². The van der Waals surface area contributed by atoms with Crippen molar-refractivity contribution in [3.8, 4) is 17.3 Å². The molecule has 0 aromatic carbocycles. The van der Waals surface area contributed by atoms with Gasteiger partial charge in [-0.25, -0.2) is 19.9 Å². The molecular weight excluding hydrogens is 450 g/mol. The highest BCUT2D eigenvalue weighted by molar-refractivity contribution is 7.18. The Bertz CT molecular complexity index is 1520. The van der Waals surface area contributed by atoms with E-state index < -0.39 is 0 Å². The molecule has 0 N–H and O–H groups in total.